The van der Waals surface area contributed by atoms with Gasteiger partial charge in [0.15, 0.2) is 5.82 Å². The lowest BCUT2D eigenvalue weighted by atomic mass is 10.3. The number of carboxylic acid groups (broad SMARTS) is 1. The molecule has 1 saturated heterocycles. The van der Waals surface area contributed by atoms with Gasteiger partial charge in [-0.1, -0.05) is 0 Å². The van der Waals surface area contributed by atoms with Gasteiger partial charge in [-0.2, -0.15) is 5.10 Å². The average Bonchev–Trinajstić information content (AvgIpc) is 2.79. The summed E-state index contributed by atoms with van der Waals surface area (Å²) >= 11 is 0. The number of aliphatic carboxylic acids is 1. The molecule has 0 amide bonds. The number of anilines is 1. The van der Waals surface area contributed by atoms with E-state index in [0.717, 1.165) is 43.9 Å². The van der Waals surface area contributed by atoms with E-state index in [0.29, 0.717) is 0 Å². The number of aromatic nitrogens is 3. The summed E-state index contributed by atoms with van der Waals surface area (Å²) in [6.07, 6.45) is 6.27. The smallest absolute Gasteiger partial charge is 0.317 e. The maximum atomic E-state index is 10.8. The monoisotopic (exact) mass is 275 g/mol. The molecule has 20 heavy (non-hydrogen) atoms. The van der Waals surface area contributed by atoms with Crippen LogP contribution in [0.3, 0.4) is 0 Å². The third kappa shape index (κ3) is 2.57. The predicted octanol–water partition coefficient (Wildman–Crippen LogP) is 0.326. The molecule has 0 aromatic carbocycles. The normalized spacial score (nSPS) is 17.3. The molecule has 106 valence electrons. The minimum Gasteiger partial charge on any atom is -0.480 e. The van der Waals surface area contributed by atoms with E-state index < -0.39 is 5.97 Å². The van der Waals surface area contributed by atoms with Gasteiger partial charge < -0.3 is 10.0 Å². The zero-order valence-electron chi connectivity index (χ0n) is 11.1. The van der Waals surface area contributed by atoms with Gasteiger partial charge >= 0.3 is 5.97 Å². The summed E-state index contributed by atoms with van der Waals surface area (Å²) in [6, 6.07) is 1.95. The summed E-state index contributed by atoms with van der Waals surface area (Å²) in [7, 11) is 0. The van der Waals surface area contributed by atoms with Gasteiger partial charge in [-0.15, -0.1) is 0 Å². The molecule has 3 heterocycles. The zero-order chi connectivity index (χ0) is 13.9. The van der Waals surface area contributed by atoms with Crippen molar-refractivity contribution >= 4 is 17.3 Å². The highest BCUT2D eigenvalue weighted by molar-refractivity contribution is 5.69. The Balaban J connectivity index is 1.78. The number of rotatable bonds is 3. The first kappa shape index (κ1) is 12.9. The third-order valence-electron chi connectivity index (χ3n) is 3.55. The number of nitrogens with zero attached hydrogens (tertiary/aromatic N) is 5. The Kier molecular flexibility index (Phi) is 3.51. The highest BCUT2D eigenvalue weighted by Gasteiger charge is 2.19. The Bertz CT molecular complexity index is 612. The summed E-state index contributed by atoms with van der Waals surface area (Å²) in [5, 5.41) is 13.1. The number of hydrogen-bond donors (Lipinski definition) is 1. The van der Waals surface area contributed by atoms with Crippen LogP contribution in [0.25, 0.3) is 5.52 Å². The summed E-state index contributed by atoms with van der Waals surface area (Å²) < 4.78 is 1.81. The standard InChI is InChI=1S/C13H17N5O2/c19-12(20)10-16-5-1-6-17(9-8-16)13-11-2-3-15-18(11)7-4-14-13/h2-4,7H,1,5-6,8-10H2,(H,19,20). The average molecular weight is 275 g/mol. The van der Waals surface area contributed by atoms with Gasteiger partial charge in [0, 0.05) is 38.6 Å². The van der Waals surface area contributed by atoms with Crippen LogP contribution >= 0.6 is 0 Å². The highest BCUT2D eigenvalue weighted by atomic mass is 16.4. The van der Waals surface area contributed by atoms with Gasteiger partial charge in [0.25, 0.3) is 0 Å². The van der Waals surface area contributed by atoms with Gasteiger partial charge in [-0.3, -0.25) is 9.69 Å². The number of hydrogen-bond acceptors (Lipinski definition) is 5. The van der Waals surface area contributed by atoms with Crippen molar-refractivity contribution < 1.29 is 9.90 Å². The van der Waals surface area contributed by atoms with E-state index in [-0.39, 0.29) is 6.54 Å². The summed E-state index contributed by atoms with van der Waals surface area (Å²) in [5.74, 6) is 0.150. The van der Waals surface area contributed by atoms with Crippen LogP contribution < -0.4 is 4.90 Å². The van der Waals surface area contributed by atoms with Gasteiger partial charge in [-0.25, -0.2) is 9.50 Å². The minimum absolute atomic E-state index is 0.109. The van der Waals surface area contributed by atoms with E-state index >= 15 is 0 Å². The molecule has 2 aromatic heterocycles. The molecule has 7 nitrogen and oxygen atoms in total. The van der Waals surface area contributed by atoms with Crippen molar-refractivity contribution in [1.82, 2.24) is 19.5 Å². The molecule has 3 rings (SSSR count). The lowest BCUT2D eigenvalue weighted by molar-refractivity contribution is -0.138. The summed E-state index contributed by atoms with van der Waals surface area (Å²) in [6.45, 7) is 3.33. The van der Waals surface area contributed by atoms with Crippen molar-refractivity contribution in [2.24, 2.45) is 0 Å². The summed E-state index contributed by atoms with van der Waals surface area (Å²) in [4.78, 5) is 19.4. The van der Waals surface area contributed by atoms with Crippen molar-refractivity contribution in [1.29, 1.82) is 0 Å². The zero-order valence-corrected chi connectivity index (χ0v) is 11.1. The van der Waals surface area contributed by atoms with Crippen LogP contribution in [0.2, 0.25) is 0 Å². The highest BCUT2D eigenvalue weighted by Crippen LogP contribution is 2.19. The lowest BCUT2D eigenvalue weighted by Gasteiger charge is -2.22. The molecule has 0 aliphatic carbocycles. The second kappa shape index (κ2) is 5.46. The molecule has 2 aromatic rings. The molecule has 0 spiro atoms. The maximum Gasteiger partial charge on any atom is 0.317 e. The van der Waals surface area contributed by atoms with Gasteiger partial charge in [0.05, 0.1) is 12.7 Å². The Labute approximate surface area is 116 Å². The first-order chi connectivity index (χ1) is 9.74. The molecular weight excluding hydrogens is 258 g/mol. The van der Waals surface area contributed by atoms with Crippen LogP contribution in [0.5, 0.6) is 0 Å². The Morgan fingerprint density at radius 1 is 1.25 bits per heavy atom. The van der Waals surface area contributed by atoms with E-state index in [1.54, 1.807) is 12.4 Å². The topological polar surface area (TPSA) is 74.0 Å². The molecule has 0 radical (unpaired) electrons. The molecule has 1 N–H and O–H groups in total. The van der Waals surface area contributed by atoms with Crippen LogP contribution in [0.15, 0.2) is 24.7 Å². The molecule has 0 atom stereocenters. The summed E-state index contributed by atoms with van der Waals surface area (Å²) in [5.41, 5.74) is 0.985. The number of carbonyl (C=O) groups is 1. The van der Waals surface area contributed by atoms with Crippen molar-refractivity contribution in [3.8, 4) is 0 Å². The fraction of sp³-hybridized carbons (Fsp3) is 0.462. The lowest BCUT2D eigenvalue weighted by Crippen LogP contribution is -2.34. The molecule has 0 bridgehead atoms. The van der Waals surface area contributed by atoms with Crippen molar-refractivity contribution in [3.05, 3.63) is 24.7 Å². The Morgan fingerprint density at radius 2 is 2.15 bits per heavy atom. The van der Waals surface area contributed by atoms with E-state index in [9.17, 15) is 4.79 Å². The predicted molar refractivity (Wildman–Crippen MR) is 73.9 cm³/mol. The van der Waals surface area contributed by atoms with Gasteiger partial charge in [0.1, 0.15) is 5.52 Å². The molecular formula is C13H17N5O2. The van der Waals surface area contributed by atoms with Crippen LogP contribution in [0.1, 0.15) is 6.42 Å². The van der Waals surface area contributed by atoms with Crippen molar-refractivity contribution in [2.75, 3.05) is 37.6 Å². The minimum atomic E-state index is -0.769. The first-order valence-corrected chi connectivity index (χ1v) is 6.71. The van der Waals surface area contributed by atoms with Crippen LogP contribution in [-0.2, 0) is 4.79 Å². The Morgan fingerprint density at radius 3 is 3.00 bits per heavy atom. The van der Waals surface area contributed by atoms with Crippen molar-refractivity contribution in [2.45, 2.75) is 6.42 Å². The van der Waals surface area contributed by atoms with E-state index in [2.05, 4.69) is 15.0 Å². The maximum absolute atomic E-state index is 10.8. The fourth-order valence-electron chi connectivity index (χ4n) is 2.62. The Hall–Kier alpha value is -2.15. The molecule has 7 heteroatoms. The molecule has 1 fully saturated rings. The quantitative estimate of drug-likeness (QED) is 0.870. The first-order valence-electron chi connectivity index (χ1n) is 6.71. The second-order valence-electron chi connectivity index (χ2n) is 4.92. The van der Waals surface area contributed by atoms with Crippen molar-refractivity contribution in [3.63, 3.8) is 0 Å². The van der Waals surface area contributed by atoms with Crippen LogP contribution in [0, 0.1) is 0 Å². The van der Waals surface area contributed by atoms with E-state index in [1.165, 1.54) is 0 Å². The van der Waals surface area contributed by atoms with Gasteiger partial charge in [-0.05, 0) is 12.5 Å². The molecule has 1 aliphatic rings. The number of fused-ring (bicyclic) bond motifs is 1. The molecule has 1 aliphatic heterocycles. The number of carboxylic acids is 1. The van der Waals surface area contributed by atoms with E-state index in [4.69, 9.17) is 5.11 Å². The SMILES string of the molecule is O=C(O)CN1CCCN(c2nccn3nccc23)CC1. The second-order valence-corrected chi connectivity index (χ2v) is 4.92. The molecule has 0 saturated carbocycles. The van der Waals surface area contributed by atoms with E-state index in [1.807, 2.05) is 21.7 Å². The largest absolute Gasteiger partial charge is 0.480 e. The third-order valence-corrected chi connectivity index (χ3v) is 3.55. The van der Waals surface area contributed by atoms with Gasteiger partial charge in [0.2, 0.25) is 0 Å². The fourth-order valence-corrected chi connectivity index (χ4v) is 2.62. The van der Waals surface area contributed by atoms with Crippen LogP contribution in [0.4, 0.5) is 5.82 Å². The van der Waals surface area contributed by atoms with Crippen LogP contribution in [-0.4, -0.2) is 63.3 Å². The molecule has 0 unspecified atom stereocenters.